The van der Waals surface area contributed by atoms with Crippen LogP contribution in [0, 0.1) is 24.4 Å². The molecule has 0 spiro atoms. The quantitative estimate of drug-likeness (QED) is 0.373. The maximum absolute atomic E-state index is 14.9. The van der Waals surface area contributed by atoms with Gasteiger partial charge in [0.2, 0.25) is 0 Å². The number of aryl methyl sites for hydroxylation is 1. The van der Waals surface area contributed by atoms with Crippen LogP contribution < -0.4 is 22.1 Å². The summed E-state index contributed by atoms with van der Waals surface area (Å²) in [5, 5.41) is 6.18. The third-order valence-electron chi connectivity index (χ3n) is 5.76. The first-order valence-corrected chi connectivity index (χ1v) is 10.5. The summed E-state index contributed by atoms with van der Waals surface area (Å²) in [4.78, 5) is 23.2. The van der Waals surface area contributed by atoms with Crippen molar-refractivity contribution < 1.29 is 18.0 Å². The van der Waals surface area contributed by atoms with Gasteiger partial charge in [-0.25, -0.2) is 23.1 Å². The summed E-state index contributed by atoms with van der Waals surface area (Å²) in [6.07, 6.45) is 5.34. The molecule has 33 heavy (non-hydrogen) atoms. The number of nitrogens with zero attached hydrogens (tertiary/aromatic N) is 2. The smallest absolute Gasteiger partial charge is 0.268 e. The standard InChI is InChI=1S/C22H24F3N7O/c1-10-18(25)21(30-12-3-2-4-13(7-12)31-22(33)17(27)8-26)32-20(29-10)15-9-28-19-14(15)5-11(23)6-16(19)24/h5-6,8-9,12-13,28H,2-4,7,26-27H2,1H3,(H,31,33)(H,29,30,32)/b17-8-/t12?,13-/m1/s1. The number of halogens is 3. The number of fused-ring (bicyclic) bond motifs is 1. The van der Waals surface area contributed by atoms with Crippen molar-refractivity contribution >= 4 is 22.6 Å². The van der Waals surface area contributed by atoms with Crippen LogP contribution in [0.3, 0.4) is 0 Å². The Kier molecular flexibility index (Phi) is 6.12. The molecule has 0 aliphatic heterocycles. The minimum atomic E-state index is -0.742. The molecule has 2 aromatic heterocycles. The predicted molar refractivity (Wildman–Crippen MR) is 118 cm³/mol. The predicted octanol–water partition coefficient (Wildman–Crippen LogP) is 2.95. The highest BCUT2D eigenvalue weighted by atomic mass is 19.1. The molecule has 2 atom stereocenters. The van der Waals surface area contributed by atoms with Gasteiger partial charge in [-0.3, -0.25) is 4.79 Å². The fraction of sp³-hybridized carbons (Fsp3) is 0.318. The molecule has 4 rings (SSSR count). The van der Waals surface area contributed by atoms with E-state index in [4.69, 9.17) is 11.5 Å². The molecule has 0 saturated heterocycles. The molecule has 1 amide bonds. The lowest BCUT2D eigenvalue weighted by Crippen LogP contribution is -2.43. The third kappa shape index (κ3) is 4.57. The Bertz CT molecular complexity index is 1240. The number of benzene rings is 1. The maximum atomic E-state index is 14.9. The molecule has 0 radical (unpaired) electrons. The Morgan fingerprint density at radius 3 is 2.73 bits per heavy atom. The first-order valence-electron chi connectivity index (χ1n) is 10.5. The van der Waals surface area contributed by atoms with Crippen LogP contribution in [-0.4, -0.2) is 32.9 Å². The van der Waals surface area contributed by atoms with Gasteiger partial charge in [0, 0.05) is 41.5 Å². The number of carbonyl (C=O) groups excluding carboxylic acids is 1. The number of H-pyrrole nitrogens is 1. The summed E-state index contributed by atoms with van der Waals surface area (Å²) >= 11 is 0. The van der Waals surface area contributed by atoms with E-state index in [1.54, 1.807) is 0 Å². The molecular formula is C22H24F3N7O. The Labute approximate surface area is 187 Å². The monoisotopic (exact) mass is 459 g/mol. The van der Waals surface area contributed by atoms with Crippen LogP contribution in [0.4, 0.5) is 19.0 Å². The number of anilines is 1. The van der Waals surface area contributed by atoms with Crippen LogP contribution in [0.25, 0.3) is 22.3 Å². The van der Waals surface area contributed by atoms with E-state index in [0.717, 1.165) is 31.5 Å². The molecule has 3 aromatic rings. The number of aromatic nitrogens is 3. The van der Waals surface area contributed by atoms with Gasteiger partial charge in [0.25, 0.3) is 5.91 Å². The van der Waals surface area contributed by atoms with E-state index in [1.807, 2.05) is 0 Å². The highest BCUT2D eigenvalue weighted by Gasteiger charge is 2.26. The van der Waals surface area contributed by atoms with E-state index < -0.39 is 23.4 Å². The van der Waals surface area contributed by atoms with Crippen LogP contribution in [0.1, 0.15) is 31.4 Å². The second kappa shape index (κ2) is 9.00. The number of nitrogens with two attached hydrogens (primary N) is 2. The van der Waals surface area contributed by atoms with Crippen molar-refractivity contribution in [2.45, 2.75) is 44.7 Å². The summed E-state index contributed by atoms with van der Waals surface area (Å²) in [5.41, 5.74) is 11.3. The summed E-state index contributed by atoms with van der Waals surface area (Å²) < 4.78 is 42.7. The van der Waals surface area contributed by atoms with Gasteiger partial charge in [-0.15, -0.1) is 0 Å². The largest absolute Gasteiger partial charge is 0.403 e. The lowest BCUT2D eigenvalue weighted by molar-refractivity contribution is -0.118. The summed E-state index contributed by atoms with van der Waals surface area (Å²) in [6.45, 7) is 1.49. The zero-order chi connectivity index (χ0) is 23.7. The van der Waals surface area contributed by atoms with Gasteiger partial charge in [-0.05, 0) is 38.7 Å². The molecule has 8 nitrogen and oxygen atoms in total. The Morgan fingerprint density at radius 2 is 1.97 bits per heavy atom. The number of hydrogen-bond acceptors (Lipinski definition) is 6. The second-order valence-corrected chi connectivity index (χ2v) is 8.11. The molecule has 1 unspecified atom stereocenters. The number of hydrogen-bond donors (Lipinski definition) is 5. The molecule has 2 heterocycles. The fourth-order valence-corrected chi connectivity index (χ4v) is 4.10. The van der Waals surface area contributed by atoms with Crippen LogP contribution in [-0.2, 0) is 4.79 Å². The van der Waals surface area contributed by atoms with Crippen molar-refractivity contribution in [3.8, 4) is 11.4 Å². The average molecular weight is 459 g/mol. The summed E-state index contributed by atoms with van der Waals surface area (Å²) in [6, 6.07) is 1.63. The molecule has 0 bridgehead atoms. The molecule has 11 heteroatoms. The second-order valence-electron chi connectivity index (χ2n) is 8.11. The van der Waals surface area contributed by atoms with Crippen LogP contribution in [0.2, 0.25) is 0 Å². The maximum Gasteiger partial charge on any atom is 0.268 e. The van der Waals surface area contributed by atoms with E-state index in [2.05, 4.69) is 25.6 Å². The molecule has 174 valence electrons. The highest BCUT2D eigenvalue weighted by molar-refractivity contribution is 5.94. The van der Waals surface area contributed by atoms with Gasteiger partial charge in [0.1, 0.15) is 17.3 Å². The minimum Gasteiger partial charge on any atom is -0.403 e. The zero-order valence-electron chi connectivity index (χ0n) is 17.9. The van der Waals surface area contributed by atoms with Crippen molar-refractivity contribution in [2.24, 2.45) is 11.5 Å². The summed E-state index contributed by atoms with van der Waals surface area (Å²) in [7, 11) is 0. The van der Waals surface area contributed by atoms with Crippen molar-refractivity contribution in [2.75, 3.05) is 5.32 Å². The highest BCUT2D eigenvalue weighted by Crippen LogP contribution is 2.31. The number of rotatable bonds is 5. The lowest BCUT2D eigenvalue weighted by Gasteiger charge is -2.30. The number of carbonyl (C=O) groups is 1. The topological polar surface area (TPSA) is 135 Å². The third-order valence-corrected chi connectivity index (χ3v) is 5.76. The van der Waals surface area contributed by atoms with E-state index in [0.29, 0.717) is 12.0 Å². The number of aromatic amines is 1. The van der Waals surface area contributed by atoms with Gasteiger partial charge < -0.3 is 27.1 Å². The van der Waals surface area contributed by atoms with Crippen molar-refractivity contribution in [1.29, 1.82) is 0 Å². The Hall–Kier alpha value is -3.76. The van der Waals surface area contributed by atoms with Crippen LogP contribution >= 0.6 is 0 Å². The van der Waals surface area contributed by atoms with Gasteiger partial charge in [0.05, 0.1) is 11.2 Å². The van der Waals surface area contributed by atoms with Crippen LogP contribution in [0.5, 0.6) is 0 Å². The van der Waals surface area contributed by atoms with E-state index in [9.17, 15) is 18.0 Å². The summed E-state index contributed by atoms with van der Waals surface area (Å²) in [5.74, 6) is -2.42. The molecule has 1 aromatic carbocycles. The zero-order valence-corrected chi connectivity index (χ0v) is 17.9. The lowest BCUT2D eigenvalue weighted by atomic mass is 9.91. The molecule has 1 fully saturated rings. The molecular weight excluding hydrogens is 435 g/mol. The molecule has 7 N–H and O–H groups in total. The fourth-order valence-electron chi connectivity index (χ4n) is 4.10. The van der Waals surface area contributed by atoms with Gasteiger partial charge in [0.15, 0.2) is 17.5 Å². The van der Waals surface area contributed by atoms with Gasteiger partial charge in [-0.2, -0.15) is 0 Å². The normalized spacial score (nSPS) is 19.0. The van der Waals surface area contributed by atoms with Crippen molar-refractivity contribution in [1.82, 2.24) is 20.3 Å². The van der Waals surface area contributed by atoms with Gasteiger partial charge in [-0.1, -0.05) is 0 Å². The van der Waals surface area contributed by atoms with E-state index >= 15 is 0 Å². The Balaban J connectivity index is 1.59. The molecule has 1 aliphatic rings. The minimum absolute atomic E-state index is 0.0120. The average Bonchev–Trinajstić information content (AvgIpc) is 3.20. The molecule has 1 saturated carbocycles. The number of amides is 1. The first-order chi connectivity index (χ1) is 15.8. The van der Waals surface area contributed by atoms with Crippen molar-refractivity contribution in [3.63, 3.8) is 0 Å². The molecule has 1 aliphatic carbocycles. The van der Waals surface area contributed by atoms with Crippen LogP contribution in [0.15, 0.2) is 30.2 Å². The number of nitrogens with one attached hydrogen (secondary N) is 3. The SMILES string of the molecule is Cc1nc(-c2c[nH]c3c(F)cc(F)cc23)nc(NC2CCC[C@@H](NC(=O)/C(N)=C/N)C2)c1F. The first kappa shape index (κ1) is 22.4. The van der Waals surface area contributed by atoms with Crippen molar-refractivity contribution in [3.05, 3.63) is 53.4 Å². The van der Waals surface area contributed by atoms with E-state index in [1.165, 1.54) is 19.2 Å². The van der Waals surface area contributed by atoms with E-state index in [-0.39, 0.29) is 46.0 Å². The van der Waals surface area contributed by atoms with Gasteiger partial charge >= 0.3 is 0 Å². The Morgan fingerprint density at radius 1 is 1.21 bits per heavy atom.